The molecule has 2 nitrogen and oxygen atoms in total. The van der Waals surface area contributed by atoms with Crippen LogP contribution in [0.1, 0.15) is 10.4 Å². The molecular weight excluding hydrogens is 192 g/mol. The Labute approximate surface area is 87.4 Å². The van der Waals surface area contributed by atoms with Gasteiger partial charge in [-0.2, -0.15) is 0 Å². The third kappa shape index (κ3) is 1.51. The number of hydrogen-bond donors (Lipinski definition) is 1. The third-order valence-corrected chi connectivity index (χ3v) is 3.01. The Kier molecular flexibility index (Phi) is 2.25. The minimum absolute atomic E-state index is 0.756. The van der Waals surface area contributed by atoms with Crippen molar-refractivity contribution in [2.75, 3.05) is 5.73 Å². The maximum absolute atomic E-state index is 5.92. The molecule has 0 fully saturated rings. The van der Waals surface area contributed by atoms with Crippen molar-refractivity contribution in [3.05, 3.63) is 34.2 Å². The van der Waals surface area contributed by atoms with E-state index in [1.54, 1.807) is 11.3 Å². The molecule has 0 saturated carbocycles. The largest absolute Gasteiger partial charge is 0.397 e. The molecule has 0 aliphatic rings. The smallest absolute Gasteiger partial charge is 0.0942 e. The predicted octanol–water partition coefficient (Wildman–Crippen LogP) is 3.01. The summed E-state index contributed by atoms with van der Waals surface area (Å²) in [5.41, 5.74) is 9.82. The summed E-state index contributed by atoms with van der Waals surface area (Å²) in [6, 6.07) is 4.02. The van der Waals surface area contributed by atoms with E-state index in [1.807, 2.05) is 19.2 Å². The summed E-state index contributed by atoms with van der Waals surface area (Å²) in [4.78, 5) is 5.62. The minimum atomic E-state index is 0.756. The number of hydrogen-bond acceptors (Lipinski definition) is 3. The van der Waals surface area contributed by atoms with E-state index in [0.29, 0.717) is 0 Å². The number of aryl methyl sites for hydroxylation is 2. The molecule has 0 radical (unpaired) electrons. The van der Waals surface area contributed by atoms with Crippen molar-refractivity contribution in [3.8, 4) is 11.3 Å². The Hall–Kier alpha value is -1.35. The maximum atomic E-state index is 5.92. The van der Waals surface area contributed by atoms with E-state index in [2.05, 4.69) is 23.4 Å². The lowest BCUT2D eigenvalue weighted by molar-refractivity contribution is 1.27. The quantitative estimate of drug-likeness (QED) is 0.775. The van der Waals surface area contributed by atoms with Gasteiger partial charge in [0.05, 0.1) is 11.4 Å². The average Bonchev–Trinajstić information content (AvgIpc) is 2.52. The molecule has 0 spiro atoms. The van der Waals surface area contributed by atoms with Crippen LogP contribution in [-0.2, 0) is 0 Å². The summed E-state index contributed by atoms with van der Waals surface area (Å²) in [5, 5.41) is 2.06. The lowest BCUT2D eigenvalue weighted by atomic mass is 10.1. The van der Waals surface area contributed by atoms with Gasteiger partial charge in [0.25, 0.3) is 0 Å². The number of pyridine rings is 1. The molecule has 0 aliphatic carbocycles. The molecule has 72 valence electrons. The molecular formula is C11H12N2S. The first-order chi connectivity index (χ1) is 6.68. The number of thiophene rings is 1. The van der Waals surface area contributed by atoms with Crippen LogP contribution in [0.3, 0.4) is 0 Å². The van der Waals surface area contributed by atoms with Gasteiger partial charge in [0.2, 0.25) is 0 Å². The number of rotatable bonds is 1. The van der Waals surface area contributed by atoms with E-state index < -0.39 is 0 Å². The molecule has 2 rings (SSSR count). The van der Waals surface area contributed by atoms with E-state index in [1.165, 1.54) is 4.88 Å². The predicted molar refractivity (Wildman–Crippen MR) is 61.4 cm³/mol. The Morgan fingerprint density at radius 1 is 1.36 bits per heavy atom. The average molecular weight is 204 g/mol. The second-order valence-electron chi connectivity index (χ2n) is 3.34. The zero-order valence-electron chi connectivity index (χ0n) is 8.24. The SMILES string of the molecule is Cc1cnc(-c2ccsc2C)c(N)c1. The molecule has 2 aromatic heterocycles. The van der Waals surface area contributed by atoms with Crippen LogP contribution in [0.2, 0.25) is 0 Å². The van der Waals surface area contributed by atoms with Crippen LogP contribution >= 0.6 is 11.3 Å². The molecule has 0 aromatic carbocycles. The third-order valence-electron chi connectivity index (χ3n) is 2.17. The highest BCUT2D eigenvalue weighted by atomic mass is 32.1. The summed E-state index contributed by atoms with van der Waals surface area (Å²) >= 11 is 1.72. The molecule has 14 heavy (non-hydrogen) atoms. The topological polar surface area (TPSA) is 38.9 Å². The standard InChI is InChI=1S/C11H12N2S/c1-7-5-10(12)11(13-6-7)9-3-4-14-8(9)2/h3-6H,12H2,1-2H3. The molecule has 0 unspecified atom stereocenters. The van der Waals surface area contributed by atoms with Crippen molar-refractivity contribution >= 4 is 17.0 Å². The van der Waals surface area contributed by atoms with Crippen LogP contribution in [0.15, 0.2) is 23.7 Å². The van der Waals surface area contributed by atoms with Crippen LogP contribution in [0.25, 0.3) is 11.3 Å². The van der Waals surface area contributed by atoms with Crippen LogP contribution in [0.4, 0.5) is 5.69 Å². The normalized spacial score (nSPS) is 10.4. The zero-order chi connectivity index (χ0) is 10.1. The van der Waals surface area contributed by atoms with Gasteiger partial charge in [-0.05, 0) is 36.9 Å². The second-order valence-corrected chi connectivity index (χ2v) is 4.46. The Morgan fingerprint density at radius 3 is 2.71 bits per heavy atom. The maximum Gasteiger partial charge on any atom is 0.0942 e. The van der Waals surface area contributed by atoms with Crippen LogP contribution in [-0.4, -0.2) is 4.98 Å². The van der Waals surface area contributed by atoms with E-state index in [0.717, 1.165) is 22.5 Å². The van der Waals surface area contributed by atoms with Crippen LogP contribution in [0.5, 0.6) is 0 Å². The second kappa shape index (κ2) is 3.42. The van der Waals surface area contributed by atoms with E-state index in [-0.39, 0.29) is 0 Å². The lowest BCUT2D eigenvalue weighted by Crippen LogP contribution is -1.94. The number of anilines is 1. The van der Waals surface area contributed by atoms with Gasteiger partial charge >= 0.3 is 0 Å². The van der Waals surface area contributed by atoms with Crippen molar-refractivity contribution in [2.24, 2.45) is 0 Å². The zero-order valence-corrected chi connectivity index (χ0v) is 9.06. The van der Waals surface area contributed by atoms with Gasteiger partial charge in [-0.3, -0.25) is 4.98 Å². The summed E-state index contributed by atoms with van der Waals surface area (Å²) in [5.74, 6) is 0. The van der Waals surface area contributed by atoms with Gasteiger partial charge in [-0.15, -0.1) is 11.3 Å². The fraction of sp³-hybridized carbons (Fsp3) is 0.182. The molecule has 0 amide bonds. The molecule has 0 aliphatic heterocycles. The van der Waals surface area contributed by atoms with Crippen molar-refractivity contribution in [2.45, 2.75) is 13.8 Å². The minimum Gasteiger partial charge on any atom is -0.397 e. The summed E-state index contributed by atoms with van der Waals surface area (Å²) in [6.07, 6.45) is 1.85. The Bertz CT molecular complexity index is 460. The van der Waals surface area contributed by atoms with Gasteiger partial charge in [0.15, 0.2) is 0 Å². The highest BCUT2D eigenvalue weighted by molar-refractivity contribution is 7.10. The molecule has 2 heterocycles. The first kappa shape index (κ1) is 9.21. The van der Waals surface area contributed by atoms with Crippen molar-refractivity contribution < 1.29 is 0 Å². The van der Waals surface area contributed by atoms with Crippen molar-refractivity contribution in [1.29, 1.82) is 0 Å². The Balaban J connectivity index is 2.58. The molecule has 2 N–H and O–H groups in total. The van der Waals surface area contributed by atoms with Gasteiger partial charge in [0.1, 0.15) is 0 Å². The van der Waals surface area contributed by atoms with Gasteiger partial charge < -0.3 is 5.73 Å². The van der Waals surface area contributed by atoms with Crippen LogP contribution < -0.4 is 5.73 Å². The van der Waals surface area contributed by atoms with E-state index in [4.69, 9.17) is 5.73 Å². The van der Waals surface area contributed by atoms with Crippen LogP contribution in [0, 0.1) is 13.8 Å². The summed E-state index contributed by atoms with van der Waals surface area (Å²) < 4.78 is 0. The fourth-order valence-corrected chi connectivity index (χ4v) is 2.15. The first-order valence-corrected chi connectivity index (χ1v) is 5.33. The van der Waals surface area contributed by atoms with Crippen molar-refractivity contribution in [3.63, 3.8) is 0 Å². The molecule has 2 aromatic rings. The van der Waals surface area contributed by atoms with Gasteiger partial charge in [0, 0.05) is 16.6 Å². The number of nitrogen functional groups attached to an aromatic ring is 1. The highest BCUT2D eigenvalue weighted by Gasteiger charge is 2.07. The molecule has 0 saturated heterocycles. The number of nitrogens with zero attached hydrogens (tertiary/aromatic N) is 1. The molecule has 3 heteroatoms. The molecule has 0 bridgehead atoms. The van der Waals surface area contributed by atoms with E-state index >= 15 is 0 Å². The number of aromatic nitrogens is 1. The number of nitrogens with two attached hydrogens (primary N) is 1. The van der Waals surface area contributed by atoms with Gasteiger partial charge in [-0.1, -0.05) is 0 Å². The monoisotopic (exact) mass is 204 g/mol. The summed E-state index contributed by atoms with van der Waals surface area (Å²) in [7, 11) is 0. The molecule has 0 atom stereocenters. The highest BCUT2D eigenvalue weighted by Crippen LogP contribution is 2.29. The first-order valence-electron chi connectivity index (χ1n) is 4.45. The lowest BCUT2D eigenvalue weighted by Gasteiger charge is -2.04. The summed E-state index contributed by atoms with van der Waals surface area (Å²) in [6.45, 7) is 4.08. The Morgan fingerprint density at radius 2 is 2.14 bits per heavy atom. The van der Waals surface area contributed by atoms with Gasteiger partial charge in [-0.25, -0.2) is 0 Å². The van der Waals surface area contributed by atoms with Crippen molar-refractivity contribution in [1.82, 2.24) is 4.98 Å². The van der Waals surface area contributed by atoms with E-state index in [9.17, 15) is 0 Å². The fourth-order valence-electron chi connectivity index (χ4n) is 1.45.